The summed E-state index contributed by atoms with van der Waals surface area (Å²) in [7, 11) is 1.69. The maximum atomic E-state index is 5.52. The van der Waals surface area contributed by atoms with Gasteiger partial charge in [0.15, 0.2) is 11.5 Å². The summed E-state index contributed by atoms with van der Waals surface area (Å²) >= 11 is 0. The minimum Gasteiger partial charge on any atom is -0.493 e. The van der Waals surface area contributed by atoms with Gasteiger partial charge in [-0.05, 0) is 44.0 Å². The van der Waals surface area contributed by atoms with Crippen molar-refractivity contribution in [3.63, 3.8) is 0 Å². The lowest BCUT2D eigenvalue weighted by Crippen LogP contribution is -2.26. The zero-order chi connectivity index (χ0) is 12.1. The maximum Gasteiger partial charge on any atom is 0.161 e. The highest BCUT2D eigenvalue weighted by atomic mass is 16.5. The van der Waals surface area contributed by atoms with Gasteiger partial charge in [-0.2, -0.15) is 0 Å². The van der Waals surface area contributed by atoms with Crippen molar-refractivity contribution in [2.45, 2.75) is 32.2 Å². The number of ether oxygens (including phenoxy) is 2. The molecule has 1 N–H and O–H groups in total. The first-order chi connectivity index (χ1) is 8.35. The fraction of sp³-hybridized carbons (Fsp3) is 0.571. The lowest BCUT2D eigenvalue weighted by atomic mass is 9.97. The molecule has 1 saturated heterocycles. The lowest BCUT2D eigenvalue weighted by Gasteiger charge is -2.24. The Kier molecular flexibility index (Phi) is 4.26. The van der Waals surface area contributed by atoms with Crippen LogP contribution < -0.4 is 14.8 Å². The molecule has 2 rings (SSSR count). The topological polar surface area (TPSA) is 30.5 Å². The molecule has 17 heavy (non-hydrogen) atoms. The van der Waals surface area contributed by atoms with Crippen molar-refractivity contribution in [1.82, 2.24) is 5.32 Å². The predicted octanol–water partition coefficient (Wildman–Crippen LogP) is 2.91. The van der Waals surface area contributed by atoms with Crippen LogP contribution in [0.3, 0.4) is 0 Å². The third-order valence-electron chi connectivity index (χ3n) is 3.20. The molecule has 1 atom stereocenters. The van der Waals surface area contributed by atoms with Gasteiger partial charge in [0.05, 0.1) is 13.7 Å². The minimum absolute atomic E-state index is 0.466. The van der Waals surface area contributed by atoms with Gasteiger partial charge in [0.2, 0.25) is 0 Å². The third kappa shape index (κ3) is 2.91. The number of nitrogens with one attached hydrogen (secondary N) is 1. The number of methoxy groups -OCH3 is 1. The van der Waals surface area contributed by atoms with Gasteiger partial charge in [-0.15, -0.1) is 0 Å². The van der Waals surface area contributed by atoms with Crippen molar-refractivity contribution in [2.24, 2.45) is 0 Å². The monoisotopic (exact) mass is 235 g/mol. The third-order valence-corrected chi connectivity index (χ3v) is 3.20. The molecular formula is C14H21NO2. The molecule has 1 aromatic carbocycles. The van der Waals surface area contributed by atoms with E-state index >= 15 is 0 Å². The molecule has 0 unspecified atom stereocenters. The molecule has 0 bridgehead atoms. The first-order valence-corrected chi connectivity index (χ1v) is 6.39. The van der Waals surface area contributed by atoms with Crippen LogP contribution in [0.5, 0.6) is 11.5 Å². The molecule has 0 radical (unpaired) electrons. The van der Waals surface area contributed by atoms with Crippen LogP contribution in [0.4, 0.5) is 0 Å². The highest BCUT2D eigenvalue weighted by Gasteiger charge is 2.16. The summed E-state index contributed by atoms with van der Waals surface area (Å²) in [6.07, 6.45) is 3.79. The summed E-state index contributed by atoms with van der Waals surface area (Å²) < 4.78 is 10.9. The van der Waals surface area contributed by atoms with Crippen LogP contribution >= 0.6 is 0 Å². The van der Waals surface area contributed by atoms with E-state index in [1.54, 1.807) is 7.11 Å². The van der Waals surface area contributed by atoms with Gasteiger partial charge in [0.25, 0.3) is 0 Å². The van der Waals surface area contributed by atoms with Gasteiger partial charge in [-0.25, -0.2) is 0 Å². The van der Waals surface area contributed by atoms with Gasteiger partial charge in [-0.3, -0.25) is 0 Å². The quantitative estimate of drug-likeness (QED) is 0.870. The Hall–Kier alpha value is -1.22. The molecule has 1 aliphatic rings. The SMILES string of the molecule is CCOc1ccc([C@H]2CCCCN2)cc1OC. The van der Waals surface area contributed by atoms with Gasteiger partial charge in [0, 0.05) is 6.04 Å². The molecule has 0 amide bonds. The number of rotatable bonds is 4. The molecule has 3 heteroatoms. The second-order valence-electron chi connectivity index (χ2n) is 4.35. The molecular weight excluding hydrogens is 214 g/mol. The Morgan fingerprint density at radius 2 is 2.18 bits per heavy atom. The van der Waals surface area contributed by atoms with Gasteiger partial charge in [0.1, 0.15) is 0 Å². The second kappa shape index (κ2) is 5.92. The van der Waals surface area contributed by atoms with Gasteiger partial charge >= 0.3 is 0 Å². The fourth-order valence-corrected chi connectivity index (χ4v) is 2.31. The van der Waals surface area contributed by atoms with E-state index in [0.717, 1.165) is 18.0 Å². The Labute approximate surface area is 103 Å². The Morgan fingerprint density at radius 3 is 2.82 bits per heavy atom. The average Bonchev–Trinajstić information content (AvgIpc) is 2.40. The number of piperidine rings is 1. The average molecular weight is 235 g/mol. The van der Waals surface area contributed by atoms with E-state index in [-0.39, 0.29) is 0 Å². The van der Waals surface area contributed by atoms with Crippen LogP contribution in [-0.4, -0.2) is 20.3 Å². The molecule has 0 aromatic heterocycles. The Balaban J connectivity index is 2.17. The standard InChI is InChI=1S/C14H21NO2/c1-3-17-13-8-7-11(10-14(13)16-2)12-6-4-5-9-15-12/h7-8,10,12,15H,3-6,9H2,1-2H3/t12-/m1/s1. The van der Waals surface area contributed by atoms with Crippen LogP contribution in [0.2, 0.25) is 0 Å². The molecule has 1 aliphatic heterocycles. The summed E-state index contributed by atoms with van der Waals surface area (Å²) in [5, 5.41) is 3.54. The summed E-state index contributed by atoms with van der Waals surface area (Å²) in [4.78, 5) is 0. The lowest BCUT2D eigenvalue weighted by molar-refractivity contribution is 0.310. The van der Waals surface area contributed by atoms with E-state index in [4.69, 9.17) is 9.47 Å². The van der Waals surface area contributed by atoms with Gasteiger partial charge in [-0.1, -0.05) is 12.5 Å². The van der Waals surface area contributed by atoms with Crippen molar-refractivity contribution >= 4 is 0 Å². The molecule has 0 aliphatic carbocycles. The van der Waals surface area contributed by atoms with Crippen LogP contribution in [0.15, 0.2) is 18.2 Å². The van der Waals surface area contributed by atoms with E-state index in [9.17, 15) is 0 Å². The molecule has 1 aromatic rings. The molecule has 3 nitrogen and oxygen atoms in total. The van der Waals surface area contributed by atoms with Crippen LogP contribution in [-0.2, 0) is 0 Å². The maximum absolute atomic E-state index is 5.52. The molecule has 0 spiro atoms. The van der Waals surface area contributed by atoms with E-state index in [1.807, 2.05) is 13.0 Å². The van der Waals surface area contributed by atoms with E-state index in [1.165, 1.54) is 24.8 Å². The summed E-state index contributed by atoms with van der Waals surface area (Å²) in [6, 6.07) is 6.70. The smallest absolute Gasteiger partial charge is 0.161 e. The van der Waals surface area contributed by atoms with E-state index < -0.39 is 0 Å². The summed E-state index contributed by atoms with van der Waals surface area (Å²) in [5.74, 6) is 1.66. The zero-order valence-corrected chi connectivity index (χ0v) is 10.7. The molecule has 0 saturated carbocycles. The zero-order valence-electron chi connectivity index (χ0n) is 10.7. The number of hydrogen-bond acceptors (Lipinski definition) is 3. The van der Waals surface area contributed by atoms with Crippen molar-refractivity contribution in [2.75, 3.05) is 20.3 Å². The van der Waals surface area contributed by atoms with Crippen molar-refractivity contribution < 1.29 is 9.47 Å². The van der Waals surface area contributed by atoms with Crippen LogP contribution in [0.1, 0.15) is 37.8 Å². The Morgan fingerprint density at radius 1 is 1.29 bits per heavy atom. The largest absolute Gasteiger partial charge is 0.493 e. The molecule has 1 heterocycles. The summed E-state index contributed by atoms with van der Waals surface area (Å²) in [6.45, 7) is 3.76. The highest BCUT2D eigenvalue weighted by molar-refractivity contribution is 5.43. The molecule has 94 valence electrons. The highest BCUT2D eigenvalue weighted by Crippen LogP contribution is 2.32. The summed E-state index contributed by atoms with van der Waals surface area (Å²) in [5.41, 5.74) is 1.30. The number of hydrogen-bond donors (Lipinski definition) is 1. The van der Waals surface area contributed by atoms with Crippen molar-refractivity contribution in [3.8, 4) is 11.5 Å². The normalized spacial score (nSPS) is 20.0. The van der Waals surface area contributed by atoms with Crippen molar-refractivity contribution in [1.29, 1.82) is 0 Å². The van der Waals surface area contributed by atoms with Crippen LogP contribution in [0.25, 0.3) is 0 Å². The van der Waals surface area contributed by atoms with E-state index in [2.05, 4.69) is 17.4 Å². The second-order valence-corrected chi connectivity index (χ2v) is 4.35. The number of benzene rings is 1. The van der Waals surface area contributed by atoms with Crippen molar-refractivity contribution in [3.05, 3.63) is 23.8 Å². The predicted molar refractivity (Wildman–Crippen MR) is 68.8 cm³/mol. The first kappa shape index (κ1) is 12.2. The minimum atomic E-state index is 0.466. The molecule has 1 fully saturated rings. The first-order valence-electron chi connectivity index (χ1n) is 6.39. The fourth-order valence-electron chi connectivity index (χ4n) is 2.31. The van der Waals surface area contributed by atoms with Gasteiger partial charge < -0.3 is 14.8 Å². The van der Waals surface area contributed by atoms with E-state index in [0.29, 0.717) is 12.6 Å². The Bertz CT molecular complexity index is 359. The van der Waals surface area contributed by atoms with Crippen LogP contribution in [0, 0.1) is 0 Å².